The van der Waals surface area contributed by atoms with Crippen LogP contribution in [0, 0.1) is 5.92 Å². The fourth-order valence-electron chi connectivity index (χ4n) is 2.71. The second-order valence-electron chi connectivity index (χ2n) is 5.01. The maximum absolute atomic E-state index is 12.3. The molecule has 0 spiro atoms. The van der Waals surface area contributed by atoms with Gasteiger partial charge in [0.05, 0.1) is 13.2 Å². The number of anilines is 1. The van der Waals surface area contributed by atoms with Crippen LogP contribution >= 0.6 is 0 Å². The van der Waals surface area contributed by atoms with Crippen LogP contribution in [0.3, 0.4) is 0 Å². The van der Waals surface area contributed by atoms with Crippen LogP contribution in [0.25, 0.3) is 0 Å². The van der Waals surface area contributed by atoms with Crippen molar-refractivity contribution in [2.45, 2.75) is 12.5 Å². The summed E-state index contributed by atoms with van der Waals surface area (Å²) in [7, 11) is 1.52. The molecule has 20 heavy (non-hydrogen) atoms. The Labute approximate surface area is 115 Å². The van der Waals surface area contributed by atoms with Gasteiger partial charge >= 0.3 is 0 Å². The van der Waals surface area contributed by atoms with E-state index in [1.807, 2.05) is 0 Å². The summed E-state index contributed by atoms with van der Waals surface area (Å²) in [6.45, 7) is 0. The minimum Gasteiger partial charge on any atom is -0.481 e. The van der Waals surface area contributed by atoms with Gasteiger partial charge in [-0.25, -0.2) is 15.4 Å². The molecule has 1 saturated carbocycles. The van der Waals surface area contributed by atoms with Crippen molar-refractivity contribution < 1.29 is 9.53 Å². The lowest BCUT2D eigenvalue weighted by Crippen LogP contribution is -2.35. The van der Waals surface area contributed by atoms with Crippen LogP contribution < -0.4 is 20.9 Å². The van der Waals surface area contributed by atoms with E-state index in [1.54, 1.807) is 6.07 Å². The maximum Gasteiger partial charge on any atom is 0.274 e. The molecule has 1 aromatic heterocycles. The van der Waals surface area contributed by atoms with E-state index in [9.17, 15) is 4.79 Å². The number of rotatable bonds is 3. The molecule has 2 heterocycles. The van der Waals surface area contributed by atoms with Crippen LogP contribution in [-0.2, 0) is 4.79 Å². The molecule has 4 rings (SSSR count). The zero-order chi connectivity index (χ0) is 13.7. The van der Waals surface area contributed by atoms with E-state index in [2.05, 4.69) is 32.2 Å². The standard InChI is InChI=1S/C13H13N5O2/c1-20-10-4-9(14-5-15-10)16-13(19)12-8-3-6-2-7(6)11(8)17-18-12/h3-5,7,11,17-18H,2H2,1H3,(H,14,15,16,19). The fourth-order valence-corrected chi connectivity index (χ4v) is 2.71. The van der Waals surface area contributed by atoms with Gasteiger partial charge in [0, 0.05) is 17.6 Å². The Hall–Kier alpha value is -2.41. The number of aromatic nitrogens is 2. The lowest BCUT2D eigenvalue weighted by Gasteiger charge is -2.07. The number of fused-ring (bicyclic) bond motifs is 3. The minimum atomic E-state index is -0.214. The molecule has 3 N–H and O–H groups in total. The van der Waals surface area contributed by atoms with Crippen LogP contribution in [0.1, 0.15) is 6.42 Å². The average molecular weight is 271 g/mol. The summed E-state index contributed by atoms with van der Waals surface area (Å²) in [6.07, 6.45) is 4.60. The van der Waals surface area contributed by atoms with Crippen molar-refractivity contribution in [2.75, 3.05) is 12.4 Å². The molecule has 102 valence electrons. The smallest absolute Gasteiger partial charge is 0.274 e. The molecule has 0 bridgehead atoms. The Morgan fingerprint density at radius 3 is 3.25 bits per heavy atom. The van der Waals surface area contributed by atoms with Gasteiger partial charge in [0.25, 0.3) is 5.91 Å². The van der Waals surface area contributed by atoms with E-state index in [0.29, 0.717) is 23.3 Å². The summed E-state index contributed by atoms with van der Waals surface area (Å²) in [4.78, 5) is 20.2. The number of carbonyl (C=O) groups is 1. The van der Waals surface area contributed by atoms with Gasteiger partial charge in [0.2, 0.25) is 5.88 Å². The van der Waals surface area contributed by atoms with Crippen LogP contribution in [0.2, 0.25) is 0 Å². The zero-order valence-corrected chi connectivity index (χ0v) is 10.8. The summed E-state index contributed by atoms with van der Waals surface area (Å²) in [6, 6.07) is 1.82. The first-order valence-electron chi connectivity index (χ1n) is 6.40. The monoisotopic (exact) mass is 271 g/mol. The van der Waals surface area contributed by atoms with E-state index >= 15 is 0 Å². The molecule has 0 radical (unpaired) electrons. The second kappa shape index (κ2) is 4.04. The van der Waals surface area contributed by atoms with Crippen molar-refractivity contribution in [3.63, 3.8) is 0 Å². The Morgan fingerprint density at radius 2 is 2.40 bits per heavy atom. The first kappa shape index (κ1) is 11.4. The molecule has 7 heteroatoms. The van der Waals surface area contributed by atoms with Gasteiger partial charge in [0.15, 0.2) is 0 Å². The van der Waals surface area contributed by atoms with Crippen molar-refractivity contribution in [1.82, 2.24) is 20.8 Å². The molecule has 0 aromatic carbocycles. The van der Waals surface area contributed by atoms with Crippen molar-refractivity contribution in [1.29, 1.82) is 0 Å². The Kier molecular flexibility index (Phi) is 2.31. The molecule has 3 aliphatic rings. The van der Waals surface area contributed by atoms with Crippen LogP contribution in [0.15, 0.2) is 35.3 Å². The molecule has 2 aliphatic carbocycles. The third-order valence-corrected chi connectivity index (χ3v) is 3.81. The minimum absolute atomic E-state index is 0.214. The van der Waals surface area contributed by atoms with Crippen molar-refractivity contribution in [2.24, 2.45) is 5.92 Å². The summed E-state index contributed by atoms with van der Waals surface area (Å²) >= 11 is 0. The Morgan fingerprint density at radius 1 is 1.50 bits per heavy atom. The van der Waals surface area contributed by atoms with Gasteiger partial charge in [-0.1, -0.05) is 11.6 Å². The number of hydrogen-bond donors (Lipinski definition) is 3. The molecular weight excluding hydrogens is 258 g/mol. The van der Waals surface area contributed by atoms with E-state index in [4.69, 9.17) is 4.74 Å². The topological polar surface area (TPSA) is 88.2 Å². The first-order valence-corrected chi connectivity index (χ1v) is 6.40. The average Bonchev–Trinajstić information content (AvgIpc) is 2.94. The highest BCUT2D eigenvalue weighted by Crippen LogP contribution is 2.50. The number of nitrogens with one attached hydrogen (secondary N) is 3. The number of ether oxygens (including phenoxy) is 1. The largest absolute Gasteiger partial charge is 0.481 e. The van der Waals surface area contributed by atoms with E-state index < -0.39 is 0 Å². The Bertz CT molecular complexity index is 666. The molecule has 0 saturated heterocycles. The highest BCUT2D eigenvalue weighted by atomic mass is 16.5. The summed E-state index contributed by atoms with van der Waals surface area (Å²) in [5, 5.41) is 2.74. The SMILES string of the molecule is COc1cc(NC(=O)C2=C3C=C4CC4C3NN2)ncn1. The highest BCUT2D eigenvalue weighted by molar-refractivity contribution is 6.04. The number of methoxy groups -OCH3 is 1. The molecule has 1 aliphatic heterocycles. The normalized spacial score (nSPS) is 25.6. The number of amides is 1. The molecule has 7 nitrogen and oxygen atoms in total. The van der Waals surface area contributed by atoms with Gasteiger partial charge < -0.3 is 15.5 Å². The zero-order valence-electron chi connectivity index (χ0n) is 10.8. The third-order valence-electron chi connectivity index (χ3n) is 3.81. The fraction of sp³-hybridized carbons (Fsp3) is 0.308. The maximum atomic E-state index is 12.3. The molecule has 1 amide bonds. The van der Waals surface area contributed by atoms with E-state index in [0.717, 1.165) is 12.0 Å². The number of nitrogens with zero attached hydrogens (tertiary/aromatic N) is 2. The van der Waals surface area contributed by atoms with Gasteiger partial charge in [-0.2, -0.15) is 0 Å². The highest BCUT2D eigenvalue weighted by Gasteiger charge is 2.48. The number of hydrazine groups is 1. The molecule has 1 fully saturated rings. The van der Waals surface area contributed by atoms with Crippen molar-refractivity contribution >= 4 is 11.7 Å². The molecule has 1 aromatic rings. The predicted molar refractivity (Wildman–Crippen MR) is 70.5 cm³/mol. The van der Waals surface area contributed by atoms with E-state index in [-0.39, 0.29) is 11.9 Å². The van der Waals surface area contributed by atoms with Crippen LogP contribution in [0.4, 0.5) is 5.82 Å². The van der Waals surface area contributed by atoms with Gasteiger partial charge in [0.1, 0.15) is 17.8 Å². The van der Waals surface area contributed by atoms with E-state index in [1.165, 1.54) is 19.0 Å². The predicted octanol–water partition coefficient (Wildman–Crippen LogP) is 0.114. The van der Waals surface area contributed by atoms with Crippen LogP contribution in [0.5, 0.6) is 5.88 Å². The summed E-state index contributed by atoms with van der Waals surface area (Å²) in [5.74, 6) is 1.18. The molecule has 2 unspecified atom stereocenters. The number of hydrogen-bond acceptors (Lipinski definition) is 6. The second-order valence-corrected chi connectivity index (χ2v) is 5.01. The molecule has 2 atom stereocenters. The summed E-state index contributed by atoms with van der Waals surface area (Å²) in [5.41, 5.74) is 9.14. The van der Waals surface area contributed by atoms with Crippen molar-refractivity contribution in [3.8, 4) is 5.88 Å². The molecular formula is C13H13N5O2. The van der Waals surface area contributed by atoms with Crippen LogP contribution in [-0.4, -0.2) is 29.0 Å². The van der Waals surface area contributed by atoms with Gasteiger partial charge in [-0.3, -0.25) is 4.79 Å². The lowest BCUT2D eigenvalue weighted by atomic mass is 10.1. The number of carbonyl (C=O) groups excluding carboxylic acids is 1. The summed E-state index contributed by atoms with van der Waals surface area (Å²) < 4.78 is 5.00. The Balaban J connectivity index is 1.56. The van der Waals surface area contributed by atoms with Gasteiger partial charge in [-0.15, -0.1) is 0 Å². The van der Waals surface area contributed by atoms with Crippen molar-refractivity contribution in [3.05, 3.63) is 35.3 Å². The first-order chi connectivity index (χ1) is 9.76. The third kappa shape index (κ3) is 1.67. The quantitative estimate of drug-likeness (QED) is 0.723. The lowest BCUT2D eigenvalue weighted by molar-refractivity contribution is -0.113. The van der Waals surface area contributed by atoms with Gasteiger partial charge in [-0.05, 0) is 6.42 Å².